The van der Waals surface area contributed by atoms with Crippen LogP contribution in [0.1, 0.15) is 41.1 Å². The van der Waals surface area contributed by atoms with Crippen molar-refractivity contribution in [2.24, 2.45) is 0 Å². The molecule has 1 unspecified atom stereocenters. The Morgan fingerprint density at radius 3 is 2.48 bits per heavy atom. The fraction of sp³-hybridized carbons (Fsp3) is 0.474. The van der Waals surface area contributed by atoms with Crippen LogP contribution < -0.4 is 5.32 Å². The first-order valence-corrected chi connectivity index (χ1v) is 8.90. The lowest BCUT2D eigenvalue weighted by atomic mass is 9.99. The lowest BCUT2D eigenvalue weighted by molar-refractivity contribution is 0.493. The van der Waals surface area contributed by atoms with Crippen LogP contribution in [0.3, 0.4) is 0 Å². The Balaban J connectivity index is 1.94. The zero-order chi connectivity index (χ0) is 15.1. The predicted molar refractivity (Wildman–Crippen MR) is 94.4 cm³/mol. The Kier molecular flexibility index (Phi) is 6.47. The highest BCUT2D eigenvalue weighted by molar-refractivity contribution is 7.11. The molecule has 1 aromatic heterocycles. The van der Waals surface area contributed by atoms with Gasteiger partial charge < -0.3 is 5.32 Å². The number of aryl methyl sites for hydroxylation is 3. The minimum Gasteiger partial charge on any atom is -0.314 e. The summed E-state index contributed by atoms with van der Waals surface area (Å²) in [4.78, 5) is 3.02. The minimum absolute atomic E-state index is 0.581. The summed E-state index contributed by atoms with van der Waals surface area (Å²) >= 11 is 1.97. The standard InChI is InChI=1S/C19H27NS/c1-4-18-12-13-19(21-18)14-17(20-5-2)11-10-16-9-7-6-8-15(16)3/h6-9,12-13,17,20H,4-5,10-11,14H2,1-3H3. The summed E-state index contributed by atoms with van der Waals surface area (Å²) < 4.78 is 0. The van der Waals surface area contributed by atoms with E-state index in [1.807, 2.05) is 11.3 Å². The molecule has 1 N–H and O–H groups in total. The normalized spacial score (nSPS) is 12.5. The van der Waals surface area contributed by atoms with E-state index in [-0.39, 0.29) is 0 Å². The summed E-state index contributed by atoms with van der Waals surface area (Å²) in [6.45, 7) is 7.69. The van der Waals surface area contributed by atoms with Crippen molar-refractivity contribution >= 4 is 11.3 Å². The molecule has 1 atom stereocenters. The number of likely N-dealkylation sites (N-methyl/N-ethyl adjacent to an activating group) is 1. The Morgan fingerprint density at radius 1 is 1.05 bits per heavy atom. The van der Waals surface area contributed by atoms with E-state index in [4.69, 9.17) is 0 Å². The fourth-order valence-electron chi connectivity index (χ4n) is 2.75. The molecule has 1 heterocycles. The molecule has 0 radical (unpaired) electrons. The van der Waals surface area contributed by atoms with E-state index in [9.17, 15) is 0 Å². The van der Waals surface area contributed by atoms with E-state index in [1.165, 1.54) is 27.3 Å². The van der Waals surface area contributed by atoms with Crippen LogP contribution >= 0.6 is 11.3 Å². The fourth-order valence-corrected chi connectivity index (χ4v) is 3.79. The number of benzene rings is 1. The molecule has 2 heteroatoms. The highest BCUT2D eigenvalue weighted by atomic mass is 32.1. The topological polar surface area (TPSA) is 12.0 Å². The average Bonchev–Trinajstić information content (AvgIpc) is 2.94. The van der Waals surface area contributed by atoms with Gasteiger partial charge in [-0.25, -0.2) is 0 Å². The van der Waals surface area contributed by atoms with Gasteiger partial charge in [-0.3, -0.25) is 0 Å². The molecular weight excluding hydrogens is 274 g/mol. The van der Waals surface area contributed by atoms with E-state index >= 15 is 0 Å². The lowest BCUT2D eigenvalue weighted by Gasteiger charge is -2.17. The van der Waals surface area contributed by atoms with Crippen molar-refractivity contribution in [2.45, 2.75) is 52.5 Å². The third-order valence-electron chi connectivity index (χ3n) is 4.03. The van der Waals surface area contributed by atoms with Crippen LogP contribution in [0.4, 0.5) is 0 Å². The monoisotopic (exact) mass is 301 g/mol. The van der Waals surface area contributed by atoms with Crippen molar-refractivity contribution < 1.29 is 0 Å². The molecule has 0 aliphatic rings. The van der Waals surface area contributed by atoms with Crippen molar-refractivity contribution in [1.29, 1.82) is 0 Å². The number of thiophene rings is 1. The maximum atomic E-state index is 3.65. The molecule has 0 bridgehead atoms. The zero-order valence-corrected chi connectivity index (χ0v) is 14.3. The largest absolute Gasteiger partial charge is 0.314 e. The Morgan fingerprint density at radius 2 is 1.81 bits per heavy atom. The van der Waals surface area contributed by atoms with E-state index in [1.54, 1.807) is 0 Å². The second kappa shape index (κ2) is 8.35. The molecule has 21 heavy (non-hydrogen) atoms. The van der Waals surface area contributed by atoms with Gasteiger partial charge in [0.25, 0.3) is 0 Å². The number of hydrogen-bond acceptors (Lipinski definition) is 2. The molecule has 0 saturated carbocycles. The smallest absolute Gasteiger partial charge is 0.0118 e. The molecule has 2 rings (SSSR count). The molecule has 1 nitrogen and oxygen atoms in total. The van der Waals surface area contributed by atoms with Crippen LogP contribution in [0.5, 0.6) is 0 Å². The first-order valence-electron chi connectivity index (χ1n) is 8.08. The van der Waals surface area contributed by atoms with Crippen molar-refractivity contribution in [2.75, 3.05) is 6.54 Å². The van der Waals surface area contributed by atoms with Gasteiger partial charge in [0.15, 0.2) is 0 Å². The van der Waals surface area contributed by atoms with Gasteiger partial charge in [-0.05, 0) is 62.4 Å². The Hall–Kier alpha value is -1.12. The molecule has 0 aliphatic carbocycles. The third kappa shape index (κ3) is 4.98. The van der Waals surface area contributed by atoms with Crippen molar-refractivity contribution in [3.05, 3.63) is 57.3 Å². The maximum Gasteiger partial charge on any atom is 0.0118 e. The van der Waals surface area contributed by atoms with Crippen LogP contribution in [-0.2, 0) is 19.3 Å². The van der Waals surface area contributed by atoms with Gasteiger partial charge in [0.1, 0.15) is 0 Å². The average molecular weight is 301 g/mol. The Bertz CT molecular complexity index is 544. The van der Waals surface area contributed by atoms with E-state index in [0.29, 0.717) is 6.04 Å². The van der Waals surface area contributed by atoms with Gasteiger partial charge in [-0.15, -0.1) is 11.3 Å². The van der Waals surface area contributed by atoms with Crippen molar-refractivity contribution in [3.8, 4) is 0 Å². The lowest BCUT2D eigenvalue weighted by Crippen LogP contribution is -2.31. The molecular formula is C19H27NS. The molecule has 1 aromatic carbocycles. The summed E-state index contributed by atoms with van der Waals surface area (Å²) in [7, 11) is 0. The summed E-state index contributed by atoms with van der Waals surface area (Å²) in [5.41, 5.74) is 2.90. The van der Waals surface area contributed by atoms with Crippen LogP contribution in [0.2, 0.25) is 0 Å². The molecule has 0 saturated heterocycles. The number of hydrogen-bond donors (Lipinski definition) is 1. The quantitative estimate of drug-likeness (QED) is 0.740. The Labute approximate surface area is 133 Å². The number of rotatable bonds is 8. The van der Waals surface area contributed by atoms with E-state index in [0.717, 1.165) is 25.8 Å². The maximum absolute atomic E-state index is 3.65. The summed E-state index contributed by atoms with van der Waals surface area (Å²) in [6, 6.07) is 13.9. The van der Waals surface area contributed by atoms with Crippen LogP contribution in [0, 0.1) is 6.92 Å². The summed E-state index contributed by atoms with van der Waals surface area (Å²) in [6.07, 6.45) is 4.68. The van der Waals surface area contributed by atoms with E-state index < -0.39 is 0 Å². The molecule has 2 aromatic rings. The van der Waals surface area contributed by atoms with Gasteiger partial charge >= 0.3 is 0 Å². The molecule has 0 aliphatic heterocycles. The predicted octanol–water partition coefficient (Wildman–Crippen LogP) is 4.77. The van der Waals surface area contributed by atoms with Gasteiger partial charge in [0, 0.05) is 15.8 Å². The summed E-state index contributed by atoms with van der Waals surface area (Å²) in [5, 5.41) is 3.65. The minimum atomic E-state index is 0.581. The highest BCUT2D eigenvalue weighted by Gasteiger charge is 2.11. The van der Waals surface area contributed by atoms with Crippen molar-refractivity contribution in [3.63, 3.8) is 0 Å². The molecule has 0 amide bonds. The van der Waals surface area contributed by atoms with Gasteiger partial charge in [-0.1, -0.05) is 38.1 Å². The second-order valence-corrected chi connectivity index (χ2v) is 6.90. The molecule has 0 fully saturated rings. The van der Waals surface area contributed by atoms with Gasteiger partial charge in [-0.2, -0.15) is 0 Å². The second-order valence-electron chi connectivity index (χ2n) is 5.65. The van der Waals surface area contributed by atoms with Crippen LogP contribution in [0.25, 0.3) is 0 Å². The highest BCUT2D eigenvalue weighted by Crippen LogP contribution is 2.20. The van der Waals surface area contributed by atoms with Gasteiger partial charge in [0.05, 0.1) is 0 Å². The molecule has 0 spiro atoms. The van der Waals surface area contributed by atoms with E-state index in [2.05, 4.69) is 62.5 Å². The zero-order valence-electron chi connectivity index (χ0n) is 13.5. The number of nitrogens with one attached hydrogen (secondary N) is 1. The first-order chi connectivity index (χ1) is 10.2. The van der Waals surface area contributed by atoms with Crippen LogP contribution in [-0.4, -0.2) is 12.6 Å². The third-order valence-corrected chi connectivity index (χ3v) is 5.28. The first kappa shape index (κ1) is 16.3. The molecule has 114 valence electrons. The van der Waals surface area contributed by atoms with Crippen molar-refractivity contribution in [1.82, 2.24) is 5.32 Å². The summed E-state index contributed by atoms with van der Waals surface area (Å²) in [5.74, 6) is 0. The van der Waals surface area contributed by atoms with Crippen LogP contribution in [0.15, 0.2) is 36.4 Å². The SMILES string of the molecule is CCNC(CCc1ccccc1C)Cc1ccc(CC)s1. The van der Waals surface area contributed by atoms with Gasteiger partial charge in [0.2, 0.25) is 0 Å².